The van der Waals surface area contributed by atoms with Gasteiger partial charge in [0.2, 0.25) is 0 Å². The van der Waals surface area contributed by atoms with Gasteiger partial charge >= 0.3 is 17.9 Å². The summed E-state index contributed by atoms with van der Waals surface area (Å²) < 4.78 is 9.81. The van der Waals surface area contributed by atoms with Gasteiger partial charge in [0.25, 0.3) is 0 Å². The SMILES string of the molecule is COC(=O)C1=C(C(=O)OC)N(c2cc(C(=O)O)ccc2N2CCC(C)CC2)C=CC=C1. The van der Waals surface area contributed by atoms with Crippen LogP contribution in [0, 0.1) is 5.92 Å². The number of esters is 2. The van der Waals surface area contributed by atoms with Crippen LogP contribution < -0.4 is 9.80 Å². The van der Waals surface area contributed by atoms with Crippen molar-refractivity contribution in [1.29, 1.82) is 0 Å². The Morgan fingerprint density at radius 3 is 2.29 bits per heavy atom. The molecule has 0 aromatic heterocycles. The molecule has 164 valence electrons. The van der Waals surface area contributed by atoms with Crippen LogP contribution in [0.25, 0.3) is 0 Å². The Balaban J connectivity index is 2.21. The molecular formula is C23H26N2O6. The summed E-state index contributed by atoms with van der Waals surface area (Å²) >= 11 is 0. The number of nitrogens with zero attached hydrogens (tertiary/aromatic N) is 2. The summed E-state index contributed by atoms with van der Waals surface area (Å²) in [6.45, 7) is 3.81. The van der Waals surface area contributed by atoms with Crippen LogP contribution in [-0.4, -0.2) is 50.3 Å². The average molecular weight is 426 g/mol. The second kappa shape index (κ2) is 9.51. The highest BCUT2D eigenvalue weighted by atomic mass is 16.5. The molecule has 0 unspecified atom stereocenters. The highest BCUT2D eigenvalue weighted by Gasteiger charge is 2.30. The van der Waals surface area contributed by atoms with Crippen LogP contribution in [-0.2, 0) is 19.1 Å². The normalized spacial score (nSPS) is 16.9. The standard InChI is InChI=1S/C23H26N2O6/c1-15-9-12-24(13-10-15)18-8-7-16(21(26)27)14-19(18)25-11-5-4-6-17(22(28)30-2)20(25)23(29)31-3/h4-8,11,14-15H,9-10,12-13H2,1-3H3,(H,26,27). The molecule has 1 aromatic rings. The van der Waals surface area contributed by atoms with Crippen molar-refractivity contribution in [3.63, 3.8) is 0 Å². The number of carboxylic acids is 1. The van der Waals surface area contributed by atoms with Gasteiger partial charge in [0.1, 0.15) is 5.70 Å². The molecule has 8 heteroatoms. The number of carbonyl (C=O) groups excluding carboxylic acids is 2. The molecule has 2 aliphatic heterocycles. The van der Waals surface area contributed by atoms with Gasteiger partial charge in [-0.1, -0.05) is 13.0 Å². The van der Waals surface area contributed by atoms with Crippen molar-refractivity contribution in [2.75, 3.05) is 37.1 Å². The first-order chi connectivity index (χ1) is 14.9. The smallest absolute Gasteiger partial charge is 0.355 e. The van der Waals surface area contributed by atoms with E-state index in [0.717, 1.165) is 31.6 Å². The Morgan fingerprint density at radius 1 is 1.00 bits per heavy atom. The molecule has 1 N–H and O–H groups in total. The van der Waals surface area contributed by atoms with Gasteiger partial charge in [-0.15, -0.1) is 0 Å². The van der Waals surface area contributed by atoms with Crippen LogP contribution in [0.5, 0.6) is 0 Å². The van der Waals surface area contributed by atoms with Crippen molar-refractivity contribution in [2.24, 2.45) is 5.92 Å². The second-order valence-corrected chi connectivity index (χ2v) is 7.49. The van der Waals surface area contributed by atoms with Crippen molar-refractivity contribution in [1.82, 2.24) is 0 Å². The minimum absolute atomic E-state index is 0.0123. The van der Waals surface area contributed by atoms with Gasteiger partial charge in [0.15, 0.2) is 0 Å². The van der Waals surface area contributed by atoms with Gasteiger partial charge in [-0.05, 0) is 49.1 Å². The zero-order valence-corrected chi connectivity index (χ0v) is 17.8. The molecule has 1 aromatic carbocycles. The van der Waals surface area contributed by atoms with E-state index in [2.05, 4.69) is 11.8 Å². The highest BCUT2D eigenvalue weighted by Crippen LogP contribution is 2.37. The van der Waals surface area contributed by atoms with Gasteiger partial charge in [0.05, 0.1) is 36.7 Å². The largest absolute Gasteiger partial charge is 0.478 e. The van der Waals surface area contributed by atoms with E-state index in [9.17, 15) is 19.5 Å². The van der Waals surface area contributed by atoms with Crippen LogP contribution >= 0.6 is 0 Å². The van der Waals surface area contributed by atoms with Crippen LogP contribution in [0.3, 0.4) is 0 Å². The highest BCUT2D eigenvalue weighted by molar-refractivity contribution is 6.06. The zero-order chi connectivity index (χ0) is 22.5. The summed E-state index contributed by atoms with van der Waals surface area (Å²) in [6, 6.07) is 4.79. The van der Waals surface area contributed by atoms with Gasteiger partial charge in [-0.3, -0.25) is 0 Å². The number of benzene rings is 1. The van der Waals surface area contributed by atoms with Crippen molar-refractivity contribution in [3.05, 3.63) is 59.5 Å². The molecule has 0 atom stereocenters. The third kappa shape index (κ3) is 4.63. The maximum Gasteiger partial charge on any atom is 0.355 e. The van der Waals surface area contributed by atoms with E-state index in [-0.39, 0.29) is 16.8 Å². The van der Waals surface area contributed by atoms with E-state index in [1.807, 2.05) is 0 Å². The Bertz CT molecular complexity index is 970. The lowest BCUT2D eigenvalue weighted by atomic mass is 9.98. The van der Waals surface area contributed by atoms with Gasteiger partial charge in [-0.2, -0.15) is 0 Å². The number of hydrogen-bond acceptors (Lipinski definition) is 7. The number of methoxy groups -OCH3 is 2. The minimum atomic E-state index is -1.09. The third-order valence-electron chi connectivity index (χ3n) is 5.50. The third-order valence-corrected chi connectivity index (χ3v) is 5.50. The van der Waals surface area contributed by atoms with Crippen molar-refractivity contribution < 1.29 is 29.0 Å². The summed E-state index contributed by atoms with van der Waals surface area (Å²) in [7, 11) is 2.45. The molecule has 3 rings (SSSR count). The number of aromatic carboxylic acids is 1. The molecule has 8 nitrogen and oxygen atoms in total. The fourth-order valence-electron chi connectivity index (χ4n) is 3.72. The summed E-state index contributed by atoms with van der Waals surface area (Å²) in [5, 5.41) is 9.56. The topological polar surface area (TPSA) is 96.4 Å². The maximum atomic E-state index is 12.8. The lowest BCUT2D eigenvalue weighted by Crippen LogP contribution is -2.35. The summed E-state index contributed by atoms with van der Waals surface area (Å²) in [5.41, 5.74) is 1.27. The average Bonchev–Trinajstić information content (AvgIpc) is 3.01. The Kier molecular flexibility index (Phi) is 6.79. The zero-order valence-electron chi connectivity index (χ0n) is 17.8. The number of allylic oxidation sites excluding steroid dienone is 2. The predicted octanol–water partition coefficient (Wildman–Crippen LogP) is 3.11. The number of carboxylic acid groups (broad SMARTS) is 1. The van der Waals surface area contributed by atoms with Gasteiger partial charge in [0, 0.05) is 19.3 Å². The van der Waals surface area contributed by atoms with Crippen LogP contribution in [0.2, 0.25) is 0 Å². The predicted molar refractivity (Wildman–Crippen MR) is 116 cm³/mol. The van der Waals surface area contributed by atoms with Gasteiger partial charge in [-0.25, -0.2) is 14.4 Å². The Labute approximate surface area is 181 Å². The van der Waals surface area contributed by atoms with Crippen LogP contribution in [0.4, 0.5) is 11.4 Å². The lowest BCUT2D eigenvalue weighted by molar-refractivity contribution is -0.139. The molecule has 0 radical (unpaired) electrons. The fourth-order valence-corrected chi connectivity index (χ4v) is 3.72. The number of ether oxygens (including phenoxy) is 2. The molecule has 0 saturated carbocycles. The second-order valence-electron chi connectivity index (χ2n) is 7.49. The number of carbonyl (C=O) groups is 3. The van der Waals surface area contributed by atoms with Crippen molar-refractivity contribution in [2.45, 2.75) is 19.8 Å². The van der Waals surface area contributed by atoms with Crippen molar-refractivity contribution in [3.8, 4) is 0 Å². The number of anilines is 2. The van der Waals surface area contributed by atoms with Gasteiger partial charge < -0.3 is 24.4 Å². The first kappa shape index (κ1) is 22.1. The van der Waals surface area contributed by atoms with Crippen LogP contribution in [0.15, 0.2) is 53.9 Å². The molecule has 0 spiro atoms. The Morgan fingerprint density at radius 2 is 1.68 bits per heavy atom. The first-order valence-electron chi connectivity index (χ1n) is 10.0. The molecule has 2 heterocycles. The molecular weight excluding hydrogens is 400 g/mol. The molecule has 1 fully saturated rings. The summed E-state index contributed by atoms with van der Waals surface area (Å²) in [4.78, 5) is 40.5. The van der Waals surface area contributed by atoms with E-state index < -0.39 is 17.9 Å². The number of piperidine rings is 1. The van der Waals surface area contributed by atoms with E-state index in [1.165, 1.54) is 31.3 Å². The molecule has 31 heavy (non-hydrogen) atoms. The fraction of sp³-hybridized carbons (Fsp3) is 0.348. The quantitative estimate of drug-likeness (QED) is 0.718. The lowest BCUT2D eigenvalue weighted by Gasteiger charge is -2.35. The van der Waals surface area contributed by atoms with Crippen LogP contribution in [0.1, 0.15) is 30.1 Å². The monoisotopic (exact) mass is 426 g/mol. The van der Waals surface area contributed by atoms with E-state index >= 15 is 0 Å². The summed E-state index contributed by atoms with van der Waals surface area (Å²) in [6.07, 6.45) is 8.36. The molecule has 0 amide bonds. The Hall–Kier alpha value is -3.55. The molecule has 0 aliphatic carbocycles. The minimum Gasteiger partial charge on any atom is -0.478 e. The van der Waals surface area contributed by atoms with Crippen molar-refractivity contribution >= 4 is 29.3 Å². The maximum absolute atomic E-state index is 12.8. The van der Waals surface area contributed by atoms with E-state index in [4.69, 9.17) is 9.47 Å². The van der Waals surface area contributed by atoms with E-state index in [1.54, 1.807) is 30.5 Å². The summed E-state index contributed by atoms with van der Waals surface area (Å²) in [5.74, 6) is -1.92. The molecule has 1 saturated heterocycles. The molecule has 2 aliphatic rings. The van der Waals surface area contributed by atoms with E-state index in [0.29, 0.717) is 11.6 Å². The molecule has 0 bridgehead atoms. The number of rotatable bonds is 5. The first-order valence-corrected chi connectivity index (χ1v) is 10.0. The number of hydrogen-bond donors (Lipinski definition) is 1.